The van der Waals surface area contributed by atoms with Gasteiger partial charge in [0.15, 0.2) is 16.6 Å². The molecular formula is C23H20FN3O4S. The average Bonchev–Trinajstić information content (AvgIpc) is 3.44. The molecular weight excluding hydrogens is 433 g/mol. The van der Waals surface area contributed by atoms with Crippen LogP contribution in [0.4, 0.5) is 9.52 Å². The Labute approximate surface area is 187 Å². The van der Waals surface area contributed by atoms with Gasteiger partial charge in [0.25, 0.3) is 5.91 Å². The quantitative estimate of drug-likeness (QED) is 0.610. The largest absolute Gasteiger partial charge is 0.454 e. The molecule has 1 aliphatic heterocycles. The maximum absolute atomic E-state index is 13.1. The van der Waals surface area contributed by atoms with Crippen LogP contribution in [-0.4, -0.2) is 23.6 Å². The zero-order valence-electron chi connectivity index (χ0n) is 17.0. The van der Waals surface area contributed by atoms with Gasteiger partial charge in [-0.25, -0.2) is 9.37 Å². The number of thiazole rings is 1. The molecule has 0 radical (unpaired) electrons. The third-order valence-corrected chi connectivity index (χ3v) is 6.55. The fraction of sp³-hybridized carbons (Fsp3) is 0.261. The van der Waals surface area contributed by atoms with Crippen LogP contribution in [0.3, 0.4) is 0 Å². The third kappa shape index (κ3) is 4.16. The molecule has 2 amide bonds. The topological polar surface area (TPSA) is 89.6 Å². The number of hydrogen-bond donors (Lipinski definition) is 2. The van der Waals surface area contributed by atoms with Gasteiger partial charge in [-0.1, -0.05) is 12.1 Å². The minimum absolute atomic E-state index is 0.116. The fourth-order valence-electron chi connectivity index (χ4n) is 3.85. The molecule has 7 nitrogen and oxygen atoms in total. The number of carbonyl (C=O) groups is 2. The number of nitrogens with zero attached hydrogens (tertiary/aromatic N) is 1. The van der Waals surface area contributed by atoms with Crippen molar-refractivity contribution in [3.8, 4) is 11.5 Å². The van der Waals surface area contributed by atoms with Gasteiger partial charge in [0, 0.05) is 17.0 Å². The Morgan fingerprint density at radius 3 is 2.78 bits per heavy atom. The van der Waals surface area contributed by atoms with Gasteiger partial charge in [-0.3, -0.25) is 14.9 Å². The van der Waals surface area contributed by atoms with Crippen molar-refractivity contribution in [1.29, 1.82) is 0 Å². The van der Waals surface area contributed by atoms with Gasteiger partial charge in [0.1, 0.15) is 5.82 Å². The summed E-state index contributed by atoms with van der Waals surface area (Å²) < 4.78 is 23.7. The fourth-order valence-corrected chi connectivity index (χ4v) is 4.91. The minimum Gasteiger partial charge on any atom is -0.454 e. The monoisotopic (exact) mass is 453 g/mol. The van der Waals surface area contributed by atoms with Crippen LogP contribution < -0.4 is 20.1 Å². The Hall–Kier alpha value is -3.46. The van der Waals surface area contributed by atoms with Crippen molar-refractivity contribution in [1.82, 2.24) is 10.3 Å². The van der Waals surface area contributed by atoms with Crippen molar-refractivity contribution in [3.05, 3.63) is 70.0 Å². The SMILES string of the molecule is O=C(Nc1nc2c(s1)CCCC2C(=O)NCc1ccc(F)cc1)c1ccc2c(c1)OCO2. The van der Waals surface area contributed by atoms with Crippen molar-refractivity contribution in [2.45, 2.75) is 31.7 Å². The Morgan fingerprint density at radius 1 is 1.12 bits per heavy atom. The van der Waals surface area contributed by atoms with Crippen molar-refractivity contribution in [2.24, 2.45) is 0 Å². The maximum Gasteiger partial charge on any atom is 0.257 e. The van der Waals surface area contributed by atoms with E-state index in [0.29, 0.717) is 35.2 Å². The highest BCUT2D eigenvalue weighted by molar-refractivity contribution is 7.16. The summed E-state index contributed by atoms with van der Waals surface area (Å²) in [6.07, 6.45) is 2.40. The first kappa shape index (κ1) is 20.4. The number of amides is 2. The van der Waals surface area contributed by atoms with Crippen LogP contribution in [0.15, 0.2) is 42.5 Å². The molecule has 0 saturated carbocycles. The standard InChI is InChI=1S/C23H20FN3O4S/c24-15-7-4-13(5-8-15)11-25-22(29)16-2-1-3-19-20(16)26-23(32-19)27-21(28)14-6-9-17-18(10-14)31-12-30-17/h4-10,16H,1-3,11-12H2,(H,25,29)(H,26,27,28). The normalized spacial score (nSPS) is 16.3. The smallest absolute Gasteiger partial charge is 0.257 e. The van der Waals surface area contributed by atoms with E-state index in [1.165, 1.54) is 23.5 Å². The lowest BCUT2D eigenvalue weighted by Crippen LogP contribution is -2.31. The van der Waals surface area contributed by atoms with E-state index in [0.717, 1.165) is 29.0 Å². The number of ether oxygens (including phenoxy) is 2. The molecule has 1 unspecified atom stereocenters. The summed E-state index contributed by atoms with van der Waals surface area (Å²) in [5.41, 5.74) is 1.99. The molecule has 2 aliphatic rings. The molecule has 2 N–H and O–H groups in total. The second-order valence-corrected chi connectivity index (χ2v) is 8.72. The van der Waals surface area contributed by atoms with Crippen molar-refractivity contribution in [2.75, 3.05) is 12.1 Å². The number of anilines is 1. The molecule has 0 bridgehead atoms. The summed E-state index contributed by atoms with van der Waals surface area (Å²) >= 11 is 1.40. The number of halogens is 1. The van der Waals surface area contributed by atoms with E-state index in [4.69, 9.17) is 9.47 Å². The lowest BCUT2D eigenvalue weighted by Gasteiger charge is -2.20. The van der Waals surface area contributed by atoms with Crippen molar-refractivity contribution < 1.29 is 23.5 Å². The van der Waals surface area contributed by atoms with Crippen LogP contribution in [0, 0.1) is 5.82 Å². The number of nitrogens with one attached hydrogen (secondary N) is 2. The Balaban J connectivity index is 1.27. The molecule has 1 aromatic heterocycles. The van der Waals surface area contributed by atoms with E-state index in [1.54, 1.807) is 30.3 Å². The lowest BCUT2D eigenvalue weighted by atomic mass is 9.90. The van der Waals surface area contributed by atoms with E-state index in [2.05, 4.69) is 15.6 Å². The highest BCUT2D eigenvalue weighted by Gasteiger charge is 2.30. The summed E-state index contributed by atoms with van der Waals surface area (Å²) in [5.74, 6) is 0.0529. The molecule has 0 fully saturated rings. The van der Waals surface area contributed by atoms with Crippen LogP contribution in [0.25, 0.3) is 0 Å². The molecule has 0 spiro atoms. The van der Waals surface area contributed by atoms with Gasteiger partial charge >= 0.3 is 0 Å². The van der Waals surface area contributed by atoms with Crippen LogP contribution in [0.5, 0.6) is 11.5 Å². The molecule has 2 aromatic carbocycles. The van der Waals surface area contributed by atoms with Gasteiger partial charge in [-0.05, 0) is 55.2 Å². The molecule has 9 heteroatoms. The summed E-state index contributed by atoms with van der Waals surface area (Å²) in [6.45, 7) is 0.465. The second-order valence-electron chi connectivity index (χ2n) is 7.64. The van der Waals surface area contributed by atoms with Crippen molar-refractivity contribution >= 4 is 28.3 Å². The Bertz CT molecular complexity index is 1180. The Kier molecular flexibility index (Phi) is 5.48. The third-order valence-electron chi connectivity index (χ3n) is 5.51. The average molecular weight is 453 g/mol. The number of hydrogen-bond acceptors (Lipinski definition) is 6. The molecule has 32 heavy (non-hydrogen) atoms. The van der Waals surface area contributed by atoms with E-state index in [-0.39, 0.29) is 30.3 Å². The van der Waals surface area contributed by atoms with Gasteiger partial charge in [-0.2, -0.15) is 0 Å². The number of carbonyl (C=O) groups excluding carboxylic acids is 2. The predicted octanol–water partition coefficient (Wildman–Crippen LogP) is 4.00. The first-order chi connectivity index (χ1) is 15.6. The van der Waals surface area contributed by atoms with Gasteiger partial charge < -0.3 is 14.8 Å². The predicted molar refractivity (Wildman–Crippen MR) is 117 cm³/mol. The first-order valence-corrected chi connectivity index (χ1v) is 11.1. The molecule has 5 rings (SSSR count). The summed E-state index contributed by atoms with van der Waals surface area (Å²) in [4.78, 5) is 31.1. The highest BCUT2D eigenvalue weighted by atomic mass is 32.1. The first-order valence-electron chi connectivity index (χ1n) is 10.3. The maximum atomic E-state index is 13.1. The van der Waals surface area contributed by atoms with Gasteiger partial charge in [0.2, 0.25) is 12.7 Å². The number of aromatic nitrogens is 1. The summed E-state index contributed by atoms with van der Waals surface area (Å²) in [6, 6.07) is 11.0. The molecule has 0 saturated heterocycles. The summed E-state index contributed by atoms with van der Waals surface area (Å²) in [5, 5.41) is 6.22. The molecule has 164 valence electrons. The zero-order chi connectivity index (χ0) is 22.1. The minimum atomic E-state index is -0.369. The van der Waals surface area contributed by atoms with Crippen LogP contribution >= 0.6 is 11.3 Å². The van der Waals surface area contributed by atoms with Crippen LogP contribution in [0.1, 0.15) is 45.3 Å². The van der Waals surface area contributed by atoms with Crippen LogP contribution in [-0.2, 0) is 17.8 Å². The van der Waals surface area contributed by atoms with Crippen LogP contribution in [0.2, 0.25) is 0 Å². The number of fused-ring (bicyclic) bond motifs is 2. The van der Waals surface area contributed by atoms with E-state index < -0.39 is 0 Å². The van der Waals surface area contributed by atoms with E-state index in [9.17, 15) is 14.0 Å². The van der Waals surface area contributed by atoms with Crippen molar-refractivity contribution in [3.63, 3.8) is 0 Å². The number of rotatable bonds is 5. The molecule has 1 atom stereocenters. The Morgan fingerprint density at radius 2 is 1.94 bits per heavy atom. The number of aryl methyl sites for hydroxylation is 1. The molecule has 2 heterocycles. The lowest BCUT2D eigenvalue weighted by molar-refractivity contribution is -0.123. The summed E-state index contributed by atoms with van der Waals surface area (Å²) in [7, 11) is 0. The molecule has 3 aromatic rings. The zero-order valence-corrected chi connectivity index (χ0v) is 17.8. The highest BCUT2D eigenvalue weighted by Crippen LogP contribution is 2.37. The molecule has 1 aliphatic carbocycles. The second kappa shape index (κ2) is 8.58. The van der Waals surface area contributed by atoms with Gasteiger partial charge in [0.05, 0.1) is 11.6 Å². The van der Waals surface area contributed by atoms with Gasteiger partial charge in [-0.15, -0.1) is 11.3 Å². The van der Waals surface area contributed by atoms with E-state index in [1.807, 2.05) is 0 Å². The van der Waals surface area contributed by atoms with E-state index >= 15 is 0 Å². The number of benzene rings is 2.